The van der Waals surface area contributed by atoms with E-state index < -0.39 is 5.97 Å². The number of carboxylic acids is 1. The van der Waals surface area contributed by atoms with Crippen LogP contribution in [0.5, 0.6) is 0 Å². The smallest absolute Gasteiger partial charge is 0.337 e. The maximum atomic E-state index is 12.5. The van der Waals surface area contributed by atoms with E-state index >= 15 is 0 Å². The molecule has 1 heterocycles. The van der Waals surface area contributed by atoms with E-state index in [0.29, 0.717) is 17.5 Å². The summed E-state index contributed by atoms with van der Waals surface area (Å²) in [5, 5.41) is 15.2. The standard InChI is InChI=1S/C15H17BrN2O3/c16-9-4-5-11(15(20)21)12(6-9)18-14(19)13-10-3-1-2-8(10)7-17-13/h4-6,8,10,13,17H,1-3,7H2,(H,18,19)(H,20,21). The molecule has 0 radical (unpaired) electrons. The molecule has 1 aliphatic heterocycles. The Morgan fingerprint density at radius 3 is 2.90 bits per heavy atom. The van der Waals surface area contributed by atoms with Gasteiger partial charge in [0.05, 0.1) is 17.3 Å². The minimum Gasteiger partial charge on any atom is -0.478 e. The molecule has 3 unspecified atom stereocenters. The number of hydrogen-bond donors (Lipinski definition) is 3. The van der Waals surface area contributed by atoms with Crippen molar-refractivity contribution in [3.63, 3.8) is 0 Å². The van der Waals surface area contributed by atoms with E-state index in [0.717, 1.165) is 17.4 Å². The summed E-state index contributed by atoms with van der Waals surface area (Å²) in [6.45, 7) is 0.882. The van der Waals surface area contributed by atoms with Gasteiger partial charge in [-0.15, -0.1) is 0 Å². The van der Waals surface area contributed by atoms with E-state index in [1.807, 2.05) is 0 Å². The minimum absolute atomic E-state index is 0.104. The van der Waals surface area contributed by atoms with Crippen molar-refractivity contribution in [2.75, 3.05) is 11.9 Å². The van der Waals surface area contributed by atoms with Gasteiger partial charge in [0, 0.05) is 4.47 Å². The first-order valence-electron chi connectivity index (χ1n) is 7.13. The van der Waals surface area contributed by atoms with Crippen molar-refractivity contribution in [1.29, 1.82) is 0 Å². The van der Waals surface area contributed by atoms with Gasteiger partial charge in [0.15, 0.2) is 0 Å². The highest BCUT2D eigenvalue weighted by Crippen LogP contribution is 2.38. The summed E-state index contributed by atoms with van der Waals surface area (Å²) in [4.78, 5) is 23.7. The van der Waals surface area contributed by atoms with Crippen LogP contribution in [0, 0.1) is 11.8 Å². The molecular weight excluding hydrogens is 336 g/mol. The fraction of sp³-hybridized carbons (Fsp3) is 0.467. The van der Waals surface area contributed by atoms with E-state index in [9.17, 15) is 14.7 Å². The Morgan fingerprint density at radius 2 is 2.14 bits per heavy atom. The second-order valence-electron chi connectivity index (χ2n) is 5.73. The third-order valence-corrected chi connectivity index (χ3v) is 4.99. The molecular formula is C15H17BrN2O3. The van der Waals surface area contributed by atoms with Crippen LogP contribution in [-0.4, -0.2) is 29.6 Å². The molecule has 1 saturated carbocycles. The summed E-state index contributed by atoms with van der Waals surface area (Å²) in [5.74, 6) is -0.214. The maximum absolute atomic E-state index is 12.5. The summed E-state index contributed by atoms with van der Waals surface area (Å²) in [5.41, 5.74) is 0.442. The van der Waals surface area contributed by atoms with Crippen LogP contribution >= 0.6 is 15.9 Å². The minimum atomic E-state index is -1.05. The molecule has 1 aromatic rings. The van der Waals surface area contributed by atoms with Crippen LogP contribution in [0.25, 0.3) is 0 Å². The zero-order chi connectivity index (χ0) is 15.0. The van der Waals surface area contributed by atoms with Crippen molar-refractivity contribution in [2.24, 2.45) is 11.8 Å². The van der Waals surface area contributed by atoms with E-state index in [1.54, 1.807) is 12.1 Å². The Balaban J connectivity index is 1.78. The lowest BCUT2D eigenvalue weighted by molar-refractivity contribution is -0.118. The number of fused-ring (bicyclic) bond motifs is 1. The third kappa shape index (κ3) is 2.82. The molecule has 1 aliphatic carbocycles. The van der Waals surface area contributed by atoms with Crippen molar-refractivity contribution in [3.8, 4) is 0 Å². The van der Waals surface area contributed by atoms with E-state index in [4.69, 9.17) is 0 Å². The van der Waals surface area contributed by atoms with Crippen molar-refractivity contribution < 1.29 is 14.7 Å². The Kier molecular flexibility index (Phi) is 3.99. The highest BCUT2D eigenvalue weighted by atomic mass is 79.9. The maximum Gasteiger partial charge on any atom is 0.337 e. The average Bonchev–Trinajstić information content (AvgIpc) is 3.00. The molecule has 112 valence electrons. The molecule has 5 nitrogen and oxygen atoms in total. The highest BCUT2D eigenvalue weighted by molar-refractivity contribution is 9.10. The lowest BCUT2D eigenvalue weighted by Gasteiger charge is -2.18. The molecule has 3 rings (SSSR count). The van der Waals surface area contributed by atoms with Gasteiger partial charge in [0.2, 0.25) is 5.91 Å². The molecule has 6 heteroatoms. The largest absolute Gasteiger partial charge is 0.478 e. The molecule has 1 saturated heterocycles. The molecule has 2 fully saturated rings. The number of rotatable bonds is 3. The number of hydrogen-bond acceptors (Lipinski definition) is 3. The Labute approximate surface area is 131 Å². The topological polar surface area (TPSA) is 78.4 Å². The highest BCUT2D eigenvalue weighted by Gasteiger charge is 2.42. The van der Waals surface area contributed by atoms with Gasteiger partial charge >= 0.3 is 5.97 Å². The van der Waals surface area contributed by atoms with Gasteiger partial charge in [-0.05, 0) is 49.4 Å². The van der Waals surface area contributed by atoms with E-state index in [-0.39, 0.29) is 17.5 Å². The summed E-state index contributed by atoms with van der Waals surface area (Å²) < 4.78 is 0.737. The molecule has 3 atom stereocenters. The first-order valence-corrected chi connectivity index (χ1v) is 7.92. The van der Waals surface area contributed by atoms with Gasteiger partial charge in [0.25, 0.3) is 0 Å². The lowest BCUT2D eigenvalue weighted by Crippen LogP contribution is -2.40. The second kappa shape index (κ2) is 5.77. The number of carboxylic acid groups (broad SMARTS) is 1. The van der Waals surface area contributed by atoms with Gasteiger partial charge in [-0.3, -0.25) is 4.79 Å². The molecule has 0 spiro atoms. The second-order valence-corrected chi connectivity index (χ2v) is 6.64. The van der Waals surface area contributed by atoms with Crippen LogP contribution in [0.15, 0.2) is 22.7 Å². The number of amides is 1. The van der Waals surface area contributed by atoms with Crippen LogP contribution in [-0.2, 0) is 4.79 Å². The van der Waals surface area contributed by atoms with Gasteiger partial charge < -0.3 is 15.7 Å². The van der Waals surface area contributed by atoms with Crippen LogP contribution < -0.4 is 10.6 Å². The van der Waals surface area contributed by atoms with Crippen LogP contribution in [0.4, 0.5) is 5.69 Å². The van der Waals surface area contributed by atoms with Crippen LogP contribution in [0.1, 0.15) is 29.6 Å². The quantitative estimate of drug-likeness (QED) is 0.780. The van der Waals surface area contributed by atoms with Crippen molar-refractivity contribution in [1.82, 2.24) is 5.32 Å². The van der Waals surface area contributed by atoms with E-state index in [1.165, 1.54) is 18.9 Å². The summed E-state index contributed by atoms with van der Waals surface area (Å²) >= 11 is 3.30. The lowest BCUT2D eigenvalue weighted by atomic mass is 9.93. The fourth-order valence-electron chi connectivity index (χ4n) is 3.49. The van der Waals surface area contributed by atoms with Gasteiger partial charge in [-0.2, -0.15) is 0 Å². The molecule has 21 heavy (non-hydrogen) atoms. The Bertz CT molecular complexity index is 590. The number of anilines is 1. The van der Waals surface area contributed by atoms with Gasteiger partial charge in [-0.25, -0.2) is 4.79 Å². The fourth-order valence-corrected chi connectivity index (χ4v) is 3.85. The van der Waals surface area contributed by atoms with Crippen molar-refractivity contribution >= 4 is 33.5 Å². The monoisotopic (exact) mass is 352 g/mol. The first kappa shape index (κ1) is 14.5. The summed E-state index contributed by atoms with van der Waals surface area (Å²) in [6.07, 6.45) is 3.43. The zero-order valence-electron chi connectivity index (χ0n) is 11.4. The van der Waals surface area contributed by atoms with Gasteiger partial charge in [-0.1, -0.05) is 22.4 Å². The predicted molar refractivity (Wildman–Crippen MR) is 82.4 cm³/mol. The molecule has 1 aromatic carbocycles. The van der Waals surface area contributed by atoms with Crippen molar-refractivity contribution in [3.05, 3.63) is 28.2 Å². The zero-order valence-corrected chi connectivity index (χ0v) is 13.0. The molecule has 1 amide bonds. The molecule has 0 bridgehead atoms. The number of nitrogens with one attached hydrogen (secondary N) is 2. The van der Waals surface area contributed by atoms with Crippen LogP contribution in [0.2, 0.25) is 0 Å². The number of halogens is 1. The Morgan fingerprint density at radius 1 is 1.33 bits per heavy atom. The average molecular weight is 353 g/mol. The number of carbonyl (C=O) groups is 2. The number of carbonyl (C=O) groups excluding carboxylic acids is 1. The molecule has 0 aromatic heterocycles. The number of benzene rings is 1. The summed E-state index contributed by atoms with van der Waals surface area (Å²) in [6, 6.07) is 4.56. The number of aromatic carboxylic acids is 1. The van der Waals surface area contributed by atoms with E-state index in [2.05, 4.69) is 26.6 Å². The SMILES string of the molecule is O=C(O)c1ccc(Br)cc1NC(=O)C1NCC2CCCC21. The third-order valence-electron chi connectivity index (χ3n) is 4.50. The summed E-state index contributed by atoms with van der Waals surface area (Å²) in [7, 11) is 0. The molecule has 2 aliphatic rings. The predicted octanol–water partition coefficient (Wildman–Crippen LogP) is 2.47. The van der Waals surface area contributed by atoms with Gasteiger partial charge in [0.1, 0.15) is 0 Å². The van der Waals surface area contributed by atoms with Crippen molar-refractivity contribution in [2.45, 2.75) is 25.3 Å². The normalized spacial score (nSPS) is 27.4. The first-order chi connectivity index (χ1) is 10.1. The Hall–Kier alpha value is -1.40. The van der Waals surface area contributed by atoms with Crippen LogP contribution in [0.3, 0.4) is 0 Å². The molecule has 3 N–H and O–H groups in total.